The van der Waals surface area contributed by atoms with Crippen LogP contribution in [0.25, 0.3) is 0 Å². The molecular formula is C6H11Cl3O2Si. The zero-order valence-corrected chi connectivity index (χ0v) is 10.0. The molecule has 0 heterocycles. The molecule has 0 saturated carbocycles. The van der Waals surface area contributed by atoms with Crippen molar-refractivity contribution in [3.63, 3.8) is 0 Å². The third kappa shape index (κ3) is 10.7. The molecule has 2 nitrogen and oxygen atoms in total. The third-order valence-electron chi connectivity index (χ3n) is 1.13. The number of hydrogen-bond acceptors (Lipinski definition) is 2. The summed E-state index contributed by atoms with van der Waals surface area (Å²) in [6, 6.07) is -2.05. The van der Waals surface area contributed by atoms with E-state index in [0.29, 0.717) is 25.7 Å². The van der Waals surface area contributed by atoms with Crippen LogP contribution in [0.1, 0.15) is 13.3 Å². The van der Waals surface area contributed by atoms with Crippen LogP contribution >= 0.6 is 33.2 Å². The molecule has 0 aromatic heterocycles. The summed E-state index contributed by atoms with van der Waals surface area (Å²) < 4.78 is 5.08. The summed E-state index contributed by atoms with van der Waals surface area (Å²) in [4.78, 5) is 10.5. The van der Waals surface area contributed by atoms with E-state index in [1.165, 1.54) is 6.92 Å². The molecule has 0 aromatic rings. The molecule has 6 heteroatoms. The number of hydrogen-bond donors (Lipinski definition) is 0. The lowest BCUT2D eigenvalue weighted by atomic mass is 10.3. The van der Waals surface area contributed by atoms with E-state index >= 15 is 0 Å². The Morgan fingerprint density at radius 1 is 1.33 bits per heavy atom. The molecule has 72 valence electrons. The number of ether oxygens (including phenoxy) is 1. The van der Waals surface area contributed by atoms with Gasteiger partial charge in [-0.05, 0) is 6.92 Å². The summed E-state index contributed by atoms with van der Waals surface area (Å²) in [7, 11) is 0. The second kappa shape index (κ2) is 6.21. The highest BCUT2D eigenvalue weighted by molar-refractivity contribution is 7.64. The molecule has 0 radical (unpaired) electrons. The zero-order chi connectivity index (χ0) is 9.61. The second-order valence-corrected chi connectivity index (χ2v) is 11.7. The normalized spacial score (nSPS) is 11.7. The number of halogens is 3. The van der Waals surface area contributed by atoms with Crippen molar-refractivity contribution in [2.75, 3.05) is 13.2 Å². The first-order chi connectivity index (χ1) is 5.42. The van der Waals surface area contributed by atoms with Crippen molar-refractivity contribution in [3.05, 3.63) is 0 Å². The highest BCUT2D eigenvalue weighted by Crippen LogP contribution is 2.24. The summed E-state index contributed by atoms with van der Waals surface area (Å²) in [5, 5.41) is 0. The van der Waals surface area contributed by atoms with Crippen LogP contribution in [0.5, 0.6) is 0 Å². The molecule has 0 N–H and O–H groups in total. The van der Waals surface area contributed by atoms with Crippen LogP contribution in [0.15, 0.2) is 0 Å². The van der Waals surface area contributed by atoms with Gasteiger partial charge in [-0.3, -0.25) is 4.79 Å². The Kier molecular flexibility index (Phi) is 6.58. The summed E-state index contributed by atoms with van der Waals surface area (Å²) in [5.41, 5.74) is 0. The minimum atomic E-state index is -2.53. The van der Waals surface area contributed by atoms with Crippen LogP contribution in [0, 0.1) is 0 Å². The van der Waals surface area contributed by atoms with E-state index in [1.807, 2.05) is 0 Å². The number of carbonyl (C=O) groups is 1. The highest BCUT2D eigenvalue weighted by Gasteiger charge is 2.23. The maximum atomic E-state index is 10.5. The Morgan fingerprint density at radius 3 is 2.33 bits per heavy atom. The highest BCUT2D eigenvalue weighted by atomic mass is 35.8. The van der Waals surface area contributed by atoms with E-state index in [1.54, 1.807) is 0 Å². The standard InChI is InChI=1S/C6H11Cl3O2Si/c1-6(10)2-3-11-4-5-12(7,8)9/h2-5H2,1H3. The SMILES string of the molecule is CC(=O)CCOCC[Si](Cl)(Cl)Cl. The average molecular weight is 250 g/mol. The largest absolute Gasteiger partial charge is 0.381 e. The maximum Gasteiger partial charge on any atom is 0.343 e. The molecule has 12 heavy (non-hydrogen) atoms. The van der Waals surface area contributed by atoms with Gasteiger partial charge >= 0.3 is 6.00 Å². The van der Waals surface area contributed by atoms with Gasteiger partial charge in [0.15, 0.2) is 0 Å². The molecule has 0 fully saturated rings. The first-order valence-electron chi connectivity index (χ1n) is 3.56. The molecule has 0 spiro atoms. The molecule has 0 rings (SSSR count). The quantitative estimate of drug-likeness (QED) is 0.411. The minimum absolute atomic E-state index is 0.112. The fraction of sp³-hybridized carbons (Fsp3) is 0.833. The molecular weight excluding hydrogens is 239 g/mol. The monoisotopic (exact) mass is 248 g/mol. The van der Waals surface area contributed by atoms with Gasteiger partial charge in [0.2, 0.25) is 0 Å². The molecule has 0 aromatic carbocycles. The average Bonchev–Trinajstić information content (AvgIpc) is 1.83. The van der Waals surface area contributed by atoms with Crippen molar-refractivity contribution < 1.29 is 9.53 Å². The number of carbonyl (C=O) groups excluding carboxylic acids is 1. The van der Waals surface area contributed by atoms with Crippen molar-refractivity contribution in [2.24, 2.45) is 0 Å². The summed E-state index contributed by atoms with van der Waals surface area (Å²) in [6.45, 7) is 2.37. The van der Waals surface area contributed by atoms with Gasteiger partial charge in [0, 0.05) is 19.1 Å². The van der Waals surface area contributed by atoms with E-state index in [9.17, 15) is 4.79 Å². The summed E-state index contributed by atoms with van der Waals surface area (Å²) >= 11 is 16.8. The lowest BCUT2D eigenvalue weighted by Gasteiger charge is -2.07. The van der Waals surface area contributed by atoms with E-state index in [2.05, 4.69) is 0 Å². The van der Waals surface area contributed by atoms with E-state index < -0.39 is 6.00 Å². The molecule has 0 aliphatic heterocycles. The lowest BCUT2D eigenvalue weighted by molar-refractivity contribution is -0.118. The van der Waals surface area contributed by atoms with E-state index in [0.717, 1.165) is 0 Å². The summed E-state index contributed by atoms with van der Waals surface area (Å²) in [6.07, 6.45) is 0.432. The van der Waals surface area contributed by atoms with Gasteiger partial charge in [0.05, 0.1) is 6.61 Å². The Morgan fingerprint density at radius 2 is 1.92 bits per heavy atom. The smallest absolute Gasteiger partial charge is 0.343 e. The molecule has 0 aliphatic rings. The maximum absolute atomic E-state index is 10.5. The van der Waals surface area contributed by atoms with Crippen LogP contribution in [0.3, 0.4) is 0 Å². The van der Waals surface area contributed by atoms with Gasteiger partial charge < -0.3 is 4.74 Å². The topological polar surface area (TPSA) is 26.3 Å². The Labute approximate surface area is 87.2 Å². The lowest BCUT2D eigenvalue weighted by Crippen LogP contribution is -2.13. The molecule has 0 amide bonds. The zero-order valence-electron chi connectivity index (χ0n) is 6.78. The van der Waals surface area contributed by atoms with Gasteiger partial charge in [0.25, 0.3) is 0 Å². The minimum Gasteiger partial charge on any atom is -0.381 e. The van der Waals surface area contributed by atoms with E-state index in [-0.39, 0.29) is 5.78 Å². The first-order valence-corrected chi connectivity index (χ1v) is 8.80. The van der Waals surface area contributed by atoms with E-state index in [4.69, 9.17) is 38.0 Å². The number of rotatable bonds is 6. The van der Waals surface area contributed by atoms with Gasteiger partial charge in [-0.25, -0.2) is 0 Å². The first kappa shape index (κ1) is 12.7. The second-order valence-electron chi connectivity index (χ2n) is 2.43. The Hall–Kier alpha value is 0.717. The number of ketones is 1. The Bertz CT molecular complexity index is 146. The van der Waals surface area contributed by atoms with Gasteiger partial charge in [-0.15, -0.1) is 33.2 Å². The van der Waals surface area contributed by atoms with Gasteiger partial charge in [-0.2, -0.15) is 0 Å². The third-order valence-corrected chi connectivity index (χ3v) is 3.60. The predicted molar refractivity (Wildman–Crippen MR) is 54.2 cm³/mol. The van der Waals surface area contributed by atoms with Crippen LogP contribution in [-0.4, -0.2) is 25.0 Å². The predicted octanol–water partition coefficient (Wildman–Crippen LogP) is 2.64. The Balaban J connectivity index is 3.17. The van der Waals surface area contributed by atoms with Crippen molar-refractivity contribution >= 4 is 45.0 Å². The van der Waals surface area contributed by atoms with Gasteiger partial charge in [0.1, 0.15) is 5.78 Å². The number of Topliss-reactive ketones (excluding diaryl/α,β-unsaturated/α-hetero) is 1. The van der Waals surface area contributed by atoms with Crippen molar-refractivity contribution in [1.82, 2.24) is 0 Å². The van der Waals surface area contributed by atoms with Crippen molar-refractivity contribution in [1.29, 1.82) is 0 Å². The summed E-state index contributed by atoms with van der Waals surface area (Å²) in [5.74, 6) is 0.112. The molecule has 0 bridgehead atoms. The van der Waals surface area contributed by atoms with Crippen LogP contribution in [0.2, 0.25) is 6.04 Å². The van der Waals surface area contributed by atoms with Gasteiger partial charge in [-0.1, -0.05) is 0 Å². The molecule has 0 atom stereocenters. The van der Waals surface area contributed by atoms with Crippen molar-refractivity contribution in [2.45, 2.75) is 19.4 Å². The fourth-order valence-electron chi connectivity index (χ4n) is 0.506. The van der Waals surface area contributed by atoms with Crippen LogP contribution in [-0.2, 0) is 9.53 Å². The van der Waals surface area contributed by atoms with Crippen LogP contribution in [0.4, 0.5) is 0 Å². The molecule has 0 unspecified atom stereocenters. The van der Waals surface area contributed by atoms with Crippen LogP contribution < -0.4 is 0 Å². The fourth-order valence-corrected chi connectivity index (χ4v) is 1.58. The van der Waals surface area contributed by atoms with Crippen molar-refractivity contribution in [3.8, 4) is 0 Å². The molecule has 0 saturated heterocycles. The molecule has 0 aliphatic carbocycles.